The molecule has 1 aromatic heterocycles. The molecule has 0 aliphatic carbocycles. The zero-order valence-corrected chi connectivity index (χ0v) is 19.5. The van der Waals surface area contributed by atoms with Gasteiger partial charge in [-0.1, -0.05) is 17.7 Å². The lowest BCUT2D eigenvalue weighted by atomic mass is 10.1. The highest BCUT2D eigenvalue weighted by Gasteiger charge is 2.39. The number of hydrogen-bond donors (Lipinski definition) is 1. The van der Waals surface area contributed by atoms with Crippen molar-refractivity contribution in [3.8, 4) is 5.75 Å². The van der Waals surface area contributed by atoms with Crippen LogP contribution < -0.4 is 4.18 Å². The van der Waals surface area contributed by atoms with Gasteiger partial charge in [0.25, 0.3) is 5.79 Å². The van der Waals surface area contributed by atoms with Crippen LogP contribution in [0.25, 0.3) is 6.08 Å². The molecule has 0 spiro atoms. The first-order chi connectivity index (χ1) is 15.3. The van der Waals surface area contributed by atoms with E-state index in [1.165, 1.54) is 32.9 Å². The van der Waals surface area contributed by atoms with Crippen LogP contribution in [0.2, 0.25) is 0 Å². The van der Waals surface area contributed by atoms with E-state index in [-0.39, 0.29) is 28.5 Å². The Morgan fingerprint density at radius 2 is 1.67 bits per heavy atom. The highest BCUT2D eigenvalue weighted by molar-refractivity contribution is 7.87. The van der Waals surface area contributed by atoms with E-state index in [0.717, 1.165) is 11.6 Å². The van der Waals surface area contributed by atoms with Gasteiger partial charge >= 0.3 is 28.0 Å². The van der Waals surface area contributed by atoms with E-state index in [9.17, 15) is 22.8 Å². The molecule has 0 atom stereocenters. The first kappa shape index (κ1) is 24.1. The van der Waals surface area contributed by atoms with Crippen molar-refractivity contribution in [3.05, 3.63) is 52.4 Å². The molecule has 33 heavy (non-hydrogen) atoms. The summed E-state index contributed by atoms with van der Waals surface area (Å²) in [6, 6.07) is 5.88. The van der Waals surface area contributed by atoms with Gasteiger partial charge in [-0.15, -0.1) is 0 Å². The fourth-order valence-electron chi connectivity index (χ4n) is 3.05. The van der Waals surface area contributed by atoms with Crippen molar-refractivity contribution in [3.63, 3.8) is 0 Å². The SMILES string of the molecule is CCOC(=O)c1c(C)[nH]c(C=C2C(=O)OC(C)(C)OC2=O)c1OS(=O)(=O)c1ccc(C)cc1. The van der Waals surface area contributed by atoms with Crippen molar-refractivity contribution in [2.75, 3.05) is 6.61 Å². The molecule has 0 unspecified atom stereocenters. The molecule has 2 aromatic rings. The van der Waals surface area contributed by atoms with E-state index < -0.39 is 45.1 Å². The summed E-state index contributed by atoms with van der Waals surface area (Å²) in [6.45, 7) is 7.67. The van der Waals surface area contributed by atoms with Gasteiger partial charge in [0, 0.05) is 19.5 Å². The first-order valence-electron chi connectivity index (χ1n) is 9.94. The number of cyclic esters (lactones) is 2. The maximum atomic E-state index is 12.9. The van der Waals surface area contributed by atoms with Crippen molar-refractivity contribution in [1.82, 2.24) is 4.98 Å². The number of hydrogen-bond acceptors (Lipinski definition) is 9. The minimum Gasteiger partial charge on any atom is -0.462 e. The van der Waals surface area contributed by atoms with Crippen LogP contribution in [-0.4, -0.2) is 43.7 Å². The number of carbonyl (C=O) groups excluding carboxylic acids is 3. The molecule has 11 heteroatoms. The smallest absolute Gasteiger partial charge is 0.348 e. The van der Waals surface area contributed by atoms with Gasteiger partial charge in [0.15, 0.2) is 5.75 Å². The van der Waals surface area contributed by atoms with E-state index >= 15 is 0 Å². The zero-order valence-electron chi connectivity index (χ0n) is 18.7. The maximum absolute atomic E-state index is 12.9. The molecule has 0 amide bonds. The molecule has 1 aromatic carbocycles. The lowest BCUT2D eigenvalue weighted by Crippen LogP contribution is -2.41. The number of nitrogens with one attached hydrogen (secondary N) is 1. The molecule has 3 rings (SSSR count). The van der Waals surface area contributed by atoms with Crippen LogP contribution in [0.15, 0.2) is 34.7 Å². The summed E-state index contributed by atoms with van der Waals surface area (Å²) in [5.74, 6) is -4.69. The van der Waals surface area contributed by atoms with Crippen molar-refractivity contribution < 1.29 is 41.2 Å². The minimum atomic E-state index is -4.39. The number of ether oxygens (including phenoxy) is 3. The predicted octanol–water partition coefficient (Wildman–Crippen LogP) is 2.80. The normalized spacial score (nSPS) is 15.5. The van der Waals surface area contributed by atoms with Crippen LogP contribution >= 0.6 is 0 Å². The Bertz CT molecular complexity index is 1230. The molecule has 10 nitrogen and oxygen atoms in total. The number of carbonyl (C=O) groups is 3. The molecule has 0 saturated carbocycles. The molecule has 1 aliphatic rings. The third-order valence-corrected chi connectivity index (χ3v) is 5.79. The Morgan fingerprint density at radius 3 is 2.21 bits per heavy atom. The number of aromatic nitrogens is 1. The van der Waals surface area contributed by atoms with E-state index in [2.05, 4.69) is 4.98 Å². The quantitative estimate of drug-likeness (QED) is 0.288. The van der Waals surface area contributed by atoms with E-state index in [1.807, 2.05) is 0 Å². The lowest BCUT2D eigenvalue weighted by Gasteiger charge is -2.29. The summed E-state index contributed by atoms with van der Waals surface area (Å²) in [7, 11) is -4.39. The molecular formula is C22H23NO9S. The number of aryl methyl sites for hydroxylation is 2. The second-order valence-corrected chi connectivity index (χ2v) is 9.22. The van der Waals surface area contributed by atoms with Crippen LogP contribution in [0.4, 0.5) is 0 Å². The van der Waals surface area contributed by atoms with Gasteiger partial charge in [-0.2, -0.15) is 8.42 Å². The molecular weight excluding hydrogens is 454 g/mol. The number of rotatable bonds is 6. The van der Waals surface area contributed by atoms with Crippen molar-refractivity contribution >= 4 is 34.1 Å². The summed E-state index contributed by atoms with van der Waals surface area (Å²) in [4.78, 5) is 39.9. The van der Waals surface area contributed by atoms with Crippen molar-refractivity contribution in [2.24, 2.45) is 0 Å². The second kappa shape index (κ2) is 8.74. The summed E-state index contributed by atoms with van der Waals surface area (Å²) in [6.07, 6.45) is 1.01. The number of aromatic amines is 1. The standard InChI is InChI=1S/C22H23NO9S/c1-6-29-21(26)17-13(3)23-16(11-15-19(24)30-22(4,5)31-20(15)25)18(17)32-33(27,28)14-9-7-12(2)8-10-14/h7-11,23H,6H2,1-5H3. The second-order valence-electron chi connectivity index (χ2n) is 7.68. The van der Waals surface area contributed by atoms with E-state index in [4.69, 9.17) is 18.4 Å². The fraction of sp³-hybridized carbons (Fsp3) is 0.318. The van der Waals surface area contributed by atoms with E-state index in [0.29, 0.717) is 0 Å². The molecule has 1 N–H and O–H groups in total. The highest BCUT2D eigenvalue weighted by Crippen LogP contribution is 2.34. The van der Waals surface area contributed by atoms with Gasteiger partial charge in [0.05, 0.1) is 12.3 Å². The molecule has 1 aliphatic heterocycles. The van der Waals surface area contributed by atoms with Gasteiger partial charge in [-0.3, -0.25) is 0 Å². The molecule has 0 bridgehead atoms. The molecule has 0 radical (unpaired) electrons. The number of H-pyrrole nitrogens is 1. The Hall–Kier alpha value is -3.60. The van der Waals surface area contributed by atoms with Crippen LogP contribution in [0, 0.1) is 13.8 Å². The fourth-order valence-corrected chi connectivity index (χ4v) is 4.01. The van der Waals surface area contributed by atoms with E-state index in [1.54, 1.807) is 26.0 Å². The molecule has 2 heterocycles. The Labute approximate surface area is 190 Å². The average molecular weight is 477 g/mol. The Morgan fingerprint density at radius 1 is 1.09 bits per heavy atom. The van der Waals surface area contributed by atoms with Crippen LogP contribution in [0.5, 0.6) is 5.75 Å². The van der Waals surface area contributed by atoms with Crippen LogP contribution in [0.1, 0.15) is 48.1 Å². The van der Waals surface area contributed by atoms with Gasteiger partial charge in [-0.25, -0.2) is 14.4 Å². The highest BCUT2D eigenvalue weighted by atomic mass is 32.2. The third kappa shape index (κ3) is 5.08. The largest absolute Gasteiger partial charge is 0.462 e. The number of esters is 3. The first-order valence-corrected chi connectivity index (χ1v) is 11.3. The van der Waals surface area contributed by atoms with Gasteiger partial charge in [-0.05, 0) is 39.0 Å². The Kier molecular flexibility index (Phi) is 6.37. The van der Waals surface area contributed by atoms with Crippen molar-refractivity contribution in [2.45, 2.75) is 45.3 Å². The Balaban J connectivity index is 2.13. The zero-order chi connectivity index (χ0) is 24.6. The van der Waals surface area contributed by atoms with Crippen molar-refractivity contribution in [1.29, 1.82) is 0 Å². The lowest BCUT2D eigenvalue weighted by molar-refractivity contribution is -0.222. The summed E-state index contributed by atoms with van der Waals surface area (Å²) < 4.78 is 46.3. The molecule has 1 saturated heterocycles. The van der Waals surface area contributed by atoms with Crippen LogP contribution in [-0.2, 0) is 33.9 Å². The van der Waals surface area contributed by atoms with Gasteiger partial charge in [0.2, 0.25) is 0 Å². The maximum Gasteiger partial charge on any atom is 0.348 e. The topological polar surface area (TPSA) is 138 Å². The predicted molar refractivity (Wildman–Crippen MR) is 115 cm³/mol. The third-order valence-electron chi connectivity index (χ3n) is 4.56. The molecule has 1 fully saturated rings. The van der Waals surface area contributed by atoms with Gasteiger partial charge < -0.3 is 23.4 Å². The number of benzene rings is 1. The molecule has 176 valence electrons. The summed E-state index contributed by atoms with van der Waals surface area (Å²) in [5.41, 5.74) is 0.198. The minimum absolute atomic E-state index is 0.0256. The van der Waals surface area contributed by atoms with Gasteiger partial charge in [0.1, 0.15) is 16.0 Å². The van der Waals surface area contributed by atoms with Crippen LogP contribution in [0.3, 0.4) is 0 Å². The average Bonchev–Trinajstić information content (AvgIpc) is 2.98. The summed E-state index contributed by atoms with van der Waals surface area (Å²) >= 11 is 0. The monoisotopic (exact) mass is 477 g/mol. The summed E-state index contributed by atoms with van der Waals surface area (Å²) in [5, 5.41) is 0.